The van der Waals surface area contributed by atoms with Crippen molar-refractivity contribution in [3.63, 3.8) is 0 Å². The number of fused-ring (bicyclic) bond motifs is 9. The van der Waals surface area contributed by atoms with Gasteiger partial charge in [0.25, 0.3) is 0 Å². The van der Waals surface area contributed by atoms with Crippen molar-refractivity contribution in [2.75, 3.05) is 41.5 Å². The minimum atomic E-state index is -5.30. The van der Waals surface area contributed by atoms with E-state index in [0.29, 0.717) is 23.5 Å². The number of ether oxygens (including phenoxy) is 7. The zero-order valence-electron chi connectivity index (χ0n) is 29.0. The molecule has 0 radical (unpaired) electrons. The molecule has 4 aliphatic heterocycles. The summed E-state index contributed by atoms with van der Waals surface area (Å²) < 4.78 is 81.3. The van der Waals surface area contributed by atoms with E-state index in [4.69, 9.17) is 33.2 Å². The van der Waals surface area contributed by atoms with Gasteiger partial charge in [-0.15, -0.1) is 0 Å². The summed E-state index contributed by atoms with van der Waals surface area (Å²) in [5.41, 5.74) is 3.48. The van der Waals surface area contributed by atoms with Gasteiger partial charge in [-0.1, -0.05) is 24.3 Å². The van der Waals surface area contributed by atoms with Crippen LogP contribution in [0, 0.1) is 25.2 Å². The number of carbonyl (C=O) groups is 2. The number of nitrogens with zero attached hydrogens (tertiary/aromatic N) is 3. The maximum Gasteiger partial charge on any atom is 0.491 e. The zero-order chi connectivity index (χ0) is 37.1. The number of esters is 2. The largest absolute Gasteiger partial charge is 0.493 e. The lowest BCUT2D eigenvalue weighted by Crippen LogP contribution is -2.68. The van der Waals surface area contributed by atoms with E-state index in [1.165, 1.54) is 21.1 Å². The van der Waals surface area contributed by atoms with Crippen molar-refractivity contribution in [3.05, 3.63) is 75.3 Å². The highest BCUT2D eigenvalue weighted by Crippen LogP contribution is 2.58. The first-order chi connectivity index (χ1) is 24.9. The van der Waals surface area contributed by atoms with Crippen LogP contribution in [-0.4, -0.2) is 87.5 Å². The fourth-order valence-electron chi connectivity index (χ4n) is 8.33. The molecule has 0 N–H and O–H groups in total. The molecule has 1 fully saturated rings. The number of hydrogen-bond acceptors (Lipinski definition) is 12. The number of rotatable bonds is 8. The monoisotopic (exact) mass is 723 g/mol. The maximum atomic E-state index is 13.7. The molecule has 0 spiro atoms. The van der Waals surface area contributed by atoms with Crippen molar-refractivity contribution in [1.82, 2.24) is 9.80 Å². The molecular formula is C37H36F3N3O9. The van der Waals surface area contributed by atoms with Crippen LogP contribution in [0.5, 0.6) is 28.7 Å². The first-order valence-electron chi connectivity index (χ1n) is 16.6. The van der Waals surface area contributed by atoms with Crippen molar-refractivity contribution in [2.24, 2.45) is 0 Å². The molecule has 4 aliphatic rings. The molecular weight excluding hydrogens is 687 g/mol. The fourth-order valence-corrected chi connectivity index (χ4v) is 8.33. The highest BCUT2D eigenvalue weighted by molar-refractivity contribution is 5.89. The van der Waals surface area contributed by atoms with Crippen LogP contribution in [0.2, 0.25) is 0 Å². The summed E-state index contributed by atoms with van der Waals surface area (Å²) >= 11 is 0. The Hall–Kier alpha value is -5.04. The second-order valence-electron chi connectivity index (χ2n) is 13.1. The second kappa shape index (κ2) is 13.5. The van der Waals surface area contributed by atoms with Crippen LogP contribution in [0.3, 0.4) is 0 Å². The quantitative estimate of drug-likeness (QED) is 0.174. The van der Waals surface area contributed by atoms with E-state index in [9.17, 15) is 28.0 Å². The van der Waals surface area contributed by atoms with Crippen molar-refractivity contribution < 1.29 is 55.9 Å². The number of likely N-dealkylation sites (N-methyl/N-ethyl adjacent to an activating group) is 1. The Kier molecular flexibility index (Phi) is 9.18. The van der Waals surface area contributed by atoms with Gasteiger partial charge in [-0.3, -0.25) is 9.80 Å². The summed E-state index contributed by atoms with van der Waals surface area (Å²) in [5, 5.41) is 10.9. The summed E-state index contributed by atoms with van der Waals surface area (Å²) in [4.78, 5) is 29.9. The number of hydrogen-bond donors (Lipinski definition) is 0. The molecule has 0 saturated carbocycles. The van der Waals surface area contributed by atoms with E-state index < -0.39 is 42.3 Å². The first-order valence-corrected chi connectivity index (χ1v) is 16.6. The van der Waals surface area contributed by atoms with Gasteiger partial charge in [-0.2, -0.15) is 18.4 Å². The minimum Gasteiger partial charge on any atom is -0.493 e. The molecule has 5 atom stereocenters. The average molecular weight is 724 g/mol. The maximum absolute atomic E-state index is 13.7. The molecule has 15 heteroatoms. The Morgan fingerprint density at radius 1 is 1.00 bits per heavy atom. The highest BCUT2D eigenvalue weighted by Gasteiger charge is 2.57. The van der Waals surface area contributed by atoms with Gasteiger partial charge < -0.3 is 33.2 Å². The van der Waals surface area contributed by atoms with E-state index in [-0.39, 0.29) is 66.6 Å². The smallest absolute Gasteiger partial charge is 0.491 e. The summed E-state index contributed by atoms with van der Waals surface area (Å²) in [5.74, 6) is -2.12. The number of carbonyl (C=O) groups excluding carboxylic acids is 2. The van der Waals surface area contributed by atoms with Crippen LogP contribution in [-0.2, 0) is 27.1 Å². The number of halogens is 3. The molecule has 3 aromatic carbocycles. The van der Waals surface area contributed by atoms with Gasteiger partial charge in [0.15, 0.2) is 29.8 Å². The van der Waals surface area contributed by atoms with E-state index in [2.05, 4.69) is 11.0 Å². The molecule has 0 amide bonds. The third-order valence-electron chi connectivity index (χ3n) is 10.4. The number of piperazine rings is 1. The lowest BCUT2D eigenvalue weighted by molar-refractivity contribution is -0.189. The summed E-state index contributed by atoms with van der Waals surface area (Å²) in [7, 11) is 4.91. The molecule has 0 aromatic heterocycles. The SMILES string of the molecule is COCOc1c(OC)c(C)cc2c1[C@@H]1C3Cc4c(OC(=O)C(F)(F)F)c(C)c5c(c4[C@H](COC(=O)c4ccccc4)N3[C@@H](C#N)[C@@H](C2)N1C)OCO5. The Morgan fingerprint density at radius 3 is 2.40 bits per heavy atom. The lowest BCUT2D eigenvalue weighted by Gasteiger charge is -2.59. The molecule has 1 unspecified atom stereocenters. The van der Waals surface area contributed by atoms with Gasteiger partial charge in [0.05, 0.1) is 30.8 Å². The standard InChI is InChI=1S/C37H36F3N3O9/c1-18-11-21-12-23-25(14-41)43-24(29(42(23)3)27(21)33(30(18)47-5)49-16-46-4)13-22-28(26(43)15-48-35(44)20-9-7-6-8-10-20)34-32(50-17-51-34)19(2)31(22)52-36(45)37(38,39)40/h6-11,23-26,29H,12-13,15-17H2,1-5H3/t23-,24?,25+,26+,29+/m1/s1. The molecule has 0 aliphatic carbocycles. The van der Waals surface area contributed by atoms with Crippen LogP contribution in [0.4, 0.5) is 13.2 Å². The number of methoxy groups -OCH3 is 2. The van der Waals surface area contributed by atoms with Crippen LogP contribution in [0.1, 0.15) is 55.8 Å². The molecule has 1 saturated heterocycles. The normalized spacial score (nSPS) is 23.1. The van der Waals surface area contributed by atoms with Gasteiger partial charge in [0.1, 0.15) is 18.4 Å². The molecule has 52 heavy (non-hydrogen) atoms. The first kappa shape index (κ1) is 35.4. The van der Waals surface area contributed by atoms with Crippen LogP contribution in [0.15, 0.2) is 36.4 Å². The Labute approximate surface area is 297 Å². The van der Waals surface area contributed by atoms with E-state index in [1.807, 2.05) is 24.9 Å². The van der Waals surface area contributed by atoms with Crippen LogP contribution < -0.4 is 23.7 Å². The van der Waals surface area contributed by atoms with Gasteiger partial charge in [-0.25, -0.2) is 9.59 Å². The second-order valence-corrected chi connectivity index (χ2v) is 13.1. The van der Waals surface area contributed by atoms with Gasteiger partial charge in [0, 0.05) is 41.4 Å². The average Bonchev–Trinajstić information content (AvgIpc) is 3.61. The molecule has 3 aromatic rings. The van der Waals surface area contributed by atoms with E-state index >= 15 is 0 Å². The van der Waals surface area contributed by atoms with E-state index in [0.717, 1.165) is 16.7 Å². The summed E-state index contributed by atoms with van der Waals surface area (Å²) in [6.07, 6.45) is -4.84. The fraction of sp³-hybridized carbons (Fsp3) is 0.432. The summed E-state index contributed by atoms with van der Waals surface area (Å²) in [6, 6.07) is 9.53. The topological polar surface area (TPSA) is 129 Å². The number of benzene rings is 3. The molecule has 12 nitrogen and oxygen atoms in total. The summed E-state index contributed by atoms with van der Waals surface area (Å²) in [6.45, 7) is 2.72. The van der Waals surface area contributed by atoms with Crippen molar-refractivity contribution in [2.45, 2.75) is 63.1 Å². The Balaban J connectivity index is 1.46. The van der Waals surface area contributed by atoms with E-state index in [1.54, 1.807) is 30.3 Å². The predicted molar refractivity (Wildman–Crippen MR) is 175 cm³/mol. The van der Waals surface area contributed by atoms with Gasteiger partial charge >= 0.3 is 18.1 Å². The highest BCUT2D eigenvalue weighted by atomic mass is 19.4. The number of aryl methyl sites for hydroxylation is 1. The van der Waals surface area contributed by atoms with Crippen LogP contribution in [0.25, 0.3) is 0 Å². The lowest BCUT2D eigenvalue weighted by atomic mass is 9.71. The minimum absolute atomic E-state index is 0.00960. The number of nitriles is 1. The van der Waals surface area contributed by atoms with Crippen molar-refractivity contribution in [1.29, 1.82) is 5.26 Å². The molecule has 2 bridgehead atoms. The number of alkyl halides is 3. The van der Waals surface area contributed by atoms with Gasteiger partial charge in [-0.05, 0) is 57.0 Å². The Bertz CT molecular complexity index is 1970. The molecule has 7 rings (SSSR count). The predicted octanol–water partition coefficient (Wildman–Crippen LogP) is 5.12. The van der Waals surface area contributed by atoms with Crippen molar-refractivity contribution >= 4 is 11.9 Å². The van der Waals surface area contributed by atoms with Gasteiger partial charge in [0.2, 0.25) is 6.79 Å². The van der Waals surface area contributed by atoms with Crippen LogP contribution >= 0.6 is 0 Å². The molecule has 4 heterocycles. The molecule has 274 valence electrons. The van der Waals surface area contributed by atoms with Crippen molar-refractivity contribution in [3.8, 4) is 34.8 Å². The third-order valence-corrected chi connectivity index (χ3v) is 10.4. The Morgan fingerprint density at radius 2 is 1.73 bits per heavy atom. The third kappa shape index (κ3) is 5.65. The zero-order valence-corrected chi connectivity index (χ0v) is 29.0.